The van der Waals surface area contributed by atoms with Crippen LogP contribution in [-0.2, 0) is 0 Å². The maximum Gasteiger partial charge on any atom is 0.408 e. The summed E-state index contributed by atoms with van der Waals surface area (Å²) in [6, 6.07) is 5.22. The molecule has 6 heteroatoms. The van der Waals surface area contributed by atoms with Crippen molar-refractivity contribution >= 4 is 22.6 Å². The first kappa shape index (κ1) is 14.1. The van der Waals surface area contributed by atoms with E-state index in [0.717, 1.165) is 0 Å². The van der Waals surface area contributed by atoms with Crippen molar-refractivity contribution < 1.29 is 13.2 Å². The molecule has 0 saturated carbocycles. The molecule has 1 saturated heterocycles. The third-order valence-corrected chi connectivity index (χ3v) is 4.01. The molecule has 1 aliphatic rings. The van der Waals surface area contributed by atoms with Gasteiger partial charge in [-0.3, -0.25) is 4.90 Å². The summed E-state index contributed by atoms with van der Waals surface area (Å²) >= 11 is 1.97. The van der Waals surface area contributed by atoms with Crippen molar-refractivity contribution in [3.8, 4) is 0 Å². The summed E-state index contributed by atoms with van der Waals surface area (Å²) in [6.45, 7) is 2.07. The van der Waals surface area contributed by atoms with Gasteiger partial charge in [0, 0.05) is 29.7 Å². The highest BCUT2D eigenvalue weighted by Gasteiger charge is 2.45. The fourth-order valence-corrected chi connectivity index (χ4v) is 2.90. The smallest absolute Gasteiger partial charge is 0.314 e. The van der Waals surface area contributed by atoms with Gasteiger partial charge >= 0.3 is 6.18 Å². The van der Waals surface area contributed by atoms with Crippen LogP contribution in [0.15, 0.2) is 24.3 Å². The number of nitrogens with one attached hydrogen (secondary N) is 1. The maximum absolute atomic E-state index is 13.3. The van der Waals surface area contributed by atoms with Gasteiger partial charge in [-0.05, 0) is 34.2 Å². The van der Waals surface area contributed by atoms with Crippen LogP contribution in [0.25, 0.3) is 0 Å². The zero-order valence-corrected chi connectivity index (χ0v) is 11.8. The number of piperazine rings is 1. The number of hydrogen-bond donors (Lipinski definition) is 1. The van der Waals surface area contributed by atoms with E-state index in [1.807, 2.05) is 22.6 Å². The molecule has 1 fully saturated rings. The predicted octanol–water partition coefficient (Wildman–Crippen LogP) is 2.80. The molecular formula is C12H14F3IN2. The van der Waals surface area contributed by atoms with Crippen LogP contribution in [0.2, 0.25) is 0 Å². The molecule has 0 unspecified atom stereocenters. The molecule has 1 aromatic rings. The first-order valence-corrected chi connectivity index (χ1v) is 6.84. The van der Waals surface area contributed by atoms with E-state index in [1.165, 1.54) is 4.90 Å². The van der Waals surface area contributed by atoms with Crippen molar-refractivity contribution in [3.63, 3.8) is 0 Å². The Kier molecular flexibility index (Phi) is 4.50. The number of alkyl halides is 3. The number of halogens is 4. The van der Waals surface area contributed by atoms with Gasteiger partial charge in [0.05, 0.1) is 0 Å². The summed E-state index contributed by atoms with van der Waals surface area (Å²) in [5.41, 5.74) is 0.354. The maximum atomic E-state index is 13.3. The second-order valence-electron chi connectivity index (χ2n) is 4.25. The zero-order valence-electron chi connectivity index (χ0n) is 9.67. The normalized spacial score (nSPS) is 19.8. The summed E-state index contributed by atoms with van der Waals surface area (Å²) in [5.74, 6) is 0. The van der Waals surface area contributed by atoms with Crippen LogP contribution in [0.4, 0.5) is 13.2 Å². The molecule has 0 bridgehead atoms. The highest BCUT2D eigenvalue weighted by molar-refractivity contribution is 14.1. The molecule has 100 valence electrons. The highest BCUT2D eigenvalue weighted by atomic mass is 127. The van der Waals surface area contributed by atoms with Crippen LogP contribution in [0.3, 0.4) is 0 Å². The lowest BCUT2D eigenvalue weighted by molar-refractivity contribution is -0.188. The van der Waals surface area contributed by atoms with Crippen molar-refractivity contribution in [2.24, 2.45) is 0 Å². The van der Waals surface area contributed by atoms with Crippen LogP contribution >= 0.6 is 22.6 Å². The van der Waals surface area contributed by atoms with Gasteiger partial charge in [0.2, 0.25) is 0 Å². The summed E-state index contributed by atoms with van der Waals surface area (Å²) in [6.07, 6.45) is -4.24. The van der Waals surface area contributed by atoms with E-state index < -0.39 is 12.2 Å². The molecule has 1 aliphatic heterocycles. The van der Waals surface area contributed by atoms with Crippen molar-refractivity contribution in [1.29, 1.82) is 0 Å². The van der Waals surface area contributed by atoms with Gasteiger partial charge in [-0.25, -0.2) is 0 Å². The van der Waals surface area contributed by atoms with E-state index in [4.69, 9.17) is 0 Å². The fourth-order valence-electron chi connectivity index (χ4n) is 2.22. The van der Waals surface area contributed by atoms with E-state index in [1.54, 1.807) is 24.3 Å². The van der Waals surface area contributed by atoms with Crippen molar-refractivity contribution in [1.82, 2.24) is 10.2 Å². The van der Waals surface area contributed by atoms with Gasteiger partial charge in [0.1, 0.15) is 6.04 Å². The minimum Gasteiger partial charge on any atom is -0.314 e. The molecule has 1 atom stereocenters. The van der Waals surface area contributed by atoms with Gasteiger partial charge in [-0.1, -0.05) is 18.2 Å². The third kappa shape index (κ3) is 3.16. The molecular weight excluding hydrogens is 356 g/mol. The van der Waals surface area contributed by atoms with Crippen molar-refractivity contribution in [2.45, 2.75) is 12.2 Å². The van der Waals surface area contributed by atoms with Crippen LogP contribution in [0.5, 0.6) is 0 Å². The summed E-state index contributed by atoms with van der Waals surface area (Å²) in [5, 5.41) is 3.08. The highest BCUT2D eigenvalue weighted by Crippen LogP contribution is 2.39. The standard InChI is InChI=1S/C12H14F3IN2/c13-12(14,15)11(18-7-5-17-6-8-18)9-3-1-2-4-10(9)16/h1-4,11,17H,5-8H2/t11-/m1/s1. The SMILES string of the molecule is FC(F)(F)[C@@H](c1ccccc1I)N1CCNCC1. The number of rotatable bonds is 2. The molecule has 2 rings (SSSR count). The van der Waals surface area contributed by atoms with Crippen LogP contribution in [0.1, 0.15) is 11.6 Å². The summed E-state index contributed by atoms with van der Waals surface area (Å²) in [7, 11) is 0. The minimum absolute atomic E-state index is 0.354. The average molecular weight is 370 g/mol. The fraction of sp³-hybridized carbons (Fsp3) is 0.500. The van der Waals surface area contributed by atoms with E-state index in [2.05, 4.69) is 5.32 Å². The average Bonchev–Trinajstić information content (AvgIpc) is 2.32. The Labute approximate surface area is 118 Å². The second kappa shape index (κ2) is 5.75. The topological polar surface area (TPSA) is 15.3 Å². The molecule has 2 nitrogen and oxygen atoms in total. The summed E-state index contributed by atoms with van der Waals surface area (Å²) < 4.78 is 40.6. The first-order chi connectivity index (χ1) is 8.50. The van der Waals surface area contributed by atoms with Gasteiger partial charge in [0.15, 0.2) is 0 Å². The first-order valence-electron chi connectivity index (χ1n) is 5.76. The van der Waals surface area contributed by atoms with Gasteiger partial charge < -0.3 is 5.32 Å². The third-order valence-electron chi connectivity index (χ3n) is 3.03. The van der Waals surface area contributed by atoms with E-state index in [0.29, 0.717) is 35.3 Å². The largest absolute Gasteiger partial charge is 0.408 e. The second-order valence-corrected chi connectivity index (χ2v) is 5.41. The monoisotopic (exact) mass is 370 g/mol. The van der Waals surface area contributed by atoms with Crippen LogP contribution < -0.4 is 5.32 Å². The van der Waals surface area contributed by atoms with E-state index in [-0.39, 0.29) is 0 Å². The number of hydrogen-bond acceptors (Lipinski definition) is 2. The molecule has 0 aromatic heterocycles. The van der Waals surface area contributed by atoms with Gasteiger partial charge in [0.25, 0.3) is 0 Å². The van der Waals surface area contributed by atoms with E-state index >= 15 is 0 Å². The quantitative estimate of drug-likeness (QED) is 0.806. The lowest BCUT2D eigenvalue weighted by Gasteiger charge is -2.36. The molecule has 1 heterocycles. The molecule has 0 amide bonds. The molecule has 1 N–H and O–H groups in total. The molecule has 0 radical (unpaired) electrons. The zero-order chi connectivity index (χ0) is 13.2. The predicted molar refractivity (Wildman–Crippen MR) is 72.4 cm³/mol. The lowest BCUT2D eigenvalue weighted by Crippen LogP contribution is -2.49. The molecule has 0 spiro atoms. The van der Waals surface area contributed by atoms with Gasteiger partial charge in [-0.2, -0.15) is 13.2 Å². The Morgan fingerprint density at radius 2 is 1.78 bits per heavy atom. The van der Waals surface area contributed by atoms with Gasteiger partial charge in [-0.15, -0.1) is 0 Å². The Morgan fingerprint density at radius 1 is 1.17 bits per heavy atom. The molecule has 18 heavy (non-hydrogen) atoms. The molecule has 1 aromatic carbocycles. The molecule has 0 aliphatic carbocycles. The Balaban J connectivity index is 2.34. The van der Waals surface area contributed by atoms with Crippen molar-refractivity contribution in [2.75, 3.05) is 26.2 Å². The summed E-state index contributed by atoms with van der Waals surface area (Å²) in [4.78, 5) is 1.51. The van der Waals surface area contributed by atoms with Crippen molar-refractivity contribution in [3.05, 3.63) is 33.4 Å². The van der Waals surface area contributed by atoms with E-state index in [9.17, 15) is 13.2 Å². The number of benzene rings is 1. The minimum atomic E-state index is -4.24. The Bertz CT molecular complexity index is 403. The van der Waals surface area contributed by atoms with Crippen LogP contribution in [0, 0.1) is 3.57 Å². The van der Waals surface area contributed by atoms with Crippen LogP contribution in [-0.4, -0.2) is 37.3 Å². The number of nitrogens with zero attached hydrogens (tertiary/aromatic N) is 1. The Hall–Kier alpha value is -0.340. The lowest BCUT2D eigenvalue weighted by atomic mass is 10.0. The Morgan fingerprint density at radius 3 is 2.33 bits per heavy atom.